The van der Waals surface area contributed by atoms with Gasteiger partial charge in [0, 0.05) is 0 Å². The van der Waals surface area contributed by atoms with Gasteiger partial charge < -0.3 is 20.3 Å². The minimum atomic E-state index is -3.39. The molecule has 0 radical (unpaired) electrons. The van der Waals surface area contributed by atoms with Gasteiger partial charge in [0.15, 0.2) is 6.10 Å². The molecule has 17 heavy (non-hydrogen) atoms. The van der Waals surface area contributed by atoms with Gasteiger partial charge in [-0.1, -0.05) is 0 Å². The predicted octanol–water partition coefficient (Wildman–Crippen LogP) is -0.638. The Morgan fingerprint density at radius 3 is 2.41 bits per heavy atom. The molecule has 8 heteroatoms. The third-order valence-electron chi connectivity index (χ3n) is 2.34. The number of carbonyl (C=O) groups excluding carboxylic acids is 1. The molecule has 0 spiro atoms. The lowest BCUT2D eigenvalue weighted by Crippen LogP contribution is -2.43. The molecule has 0 bridgehead atoms. The van der Waals surface area contributed by atoms with Crippen molar-refractivity contribution in [1.82, 2.24) is 5.32 Å². The Hall–Kier alpha value is -1.28. The summed E-state index contributed by atoms with van der Waals surface area (Å²) in [5.41, 5.74) is 0. The maximum atomic E-state index is 12.6. The highest BCUT2D eigenvalue weighted by Gasteiger charge is 2.36. The zero-order chi connectivity index (χ0) is 13.1. The third kappa shape index (κ3) is 3.90. The number of carbonyl (C=O) groups is 2. The first-order valence-corrected chi connectivity index (χ1v) is 5.00. The standard InChI is InChI=1S/C9H13F2NO5/c10-9(11,4-13)3-12-7(14)5-1-2-6(17-5)8(15)16/h5-6,13H,1-4H2,(H,12,14)(H,15,16)/t5-,6+/m0/s1. The van der Waals surface area contributed by atoms with Crippen LogP contribution in [0.25, 0.3) is 0 Å². The number of nitrogens with one attached hydrogen (secondary N) is 1. The second kappa shape index (κ2) is 5.37. The summed E-state index contributed by atoms with van der Waals surface area (Å²) in [4.78, 5) is 21.9. The van der Waals surface area contributed by atoms with E-state index < -0.39 is 43.2 Å². The van der Waals surface area contributed by atoms with Crippen molar-refractivity contribution < 1.29 is 33.3 Å². The molecular weight excluding hydrogens is 240 g/mol. The number of amides is 1. The number of rotatable bonds is 5. The van der Waals surface area contributed by atoms with Gasteiger partial charge in [0.05, 0.1) is 6.54 Å². The zero-order valence-electron chi connectivity index (χ0n) is 8.86. The van der Waals surface area contributed by atoms with Crippen LogP contribution in [0.4, 0.5) is 8.78 Å². The van der Waals surface area contributed by atoms with Crippen molar-refractivity contribution in [2.45, 2.75) is 31.0 Å². The minimum Gasteiger partial charge on any atom is -0.479 e. The summed E-state index contributed by atoms with van der Waals surface area (Å²) in [7, 11) is 0. The maximum absolute atomic E-state index is 12.6. The van der Waals surface area contributed by atoms with Crippen molar-refractivity contribution in [3.05, 3.63) is 0 Å². The van der Waals surface area contributed by atoms with Crippen LogP contribution in [0.2, 0.25) is 0 Å². The molecule has 1 amide bonds. The Morgan fingerprint density at radius 2 is 1.94 bits per heavy atom. The van der Waals surface area contributed by atoms with Crippen LogP contribution in [0, 0.1) is 0 Å². The molecular formula is C9H13F2NO5. The van der Waals surface area contributed by atoms with Crippen molar-refractivity contribution in [2.24, 2.45) is 0 Å². The van der Waals surface area contributed by atoms with Gasteiger partial charge in [-0.2, -0.15) is 0 Å². The lowest BCUT2D eigenvalue weighted by atomic mass is 10.2. The van der Waals surface area contributed by atoms with Crippen LogP contribution in [-0.2, 0) is 14.3 Å². The molecule has 1 aliphatic heterocycles. The van der Waals surface area contributed by atoms with Crippen LogP contribution in [0.15, 0.2) is 0 Å². The summed E-state index contributed by atoms with van der Waals surface area (Å²) >= 11 is 0. The molecule has 0 unspecified atom stereocenters. The average molecular weight is 253 g/mol. The number of halogens is 2. The summed E-state index contributed by atoms with van der Waals surface area (Å²) in [6.45, 7) is -2.36. The fourth-order valence-corrected chi connectivity index (χ4v) is 1.40. The molecule has 0 saturated carbocycles. The predicted molar refractivity (Wildman–Crippen MR) is 50.6 cm³/mol. The number of carboxylic acid groups (broad SMARTS) is 1. The third-order valence-corrected chi connectivity index (χ3v) is 2.34. The Kier molecular flexibility index (Phi) is 4.35. The van der Waals surface area contributed by atoms with Gasteiger partial charge in [-0.05, 0) is 12.8 Å². The van der Waals surface area contributed by atoms with Crippen molar-refractivity contribution in [3.63, 3.8) is 0 Å². The van der Waals surface area contributed by atoms with Gasteiger partial charge in [0.2, 0.25) is 5.91 Å². The lowest BCUT2D eigenvalue weighted by Gasteiger charge is -2.16. The van der Waals surface area contributed by atoms with Crippen molar-refractivity contribution in [3.8, 4) is 0 Å². The van der Waals surface area contributed by atoms with E-state index in [0.717, 1.165) is 0 Å². The fraction of sp³-hybridized carbons (Fsp3) is 0.778. The number of alkyl halides is 2. The van der Waals surface area contributed by atoms with E-state index in [-0.39, 0.29) is 12.8 Å². The largest absolute Gasteiger partial charge is 0.479 e. The Morgan fingerprint density at radius 1 is 1.35 bits per heavy atom. The van der Waals surface area contributed by atoms with Gasteiger partial charge in [0.25, 0.3) is 5.92 Å². The number of carboxylic acids is 1. The molecule has 0 aromatic carbocycles. The van der Waals surface area contributed by atoms with E-state index in [1.807, 2.05) is 5.32 Å². The molecule has 1 heterocycles. The molecule has 3 N–H and O–H groups in total. The van der Waals surface area contributed by atoms with E-state index in [4.69, 9.17) is 14.9 Å². The summed E-state index contributed by atoms with van der Waals surface area (Å²) in [5.74, 6) is -5.36. The van der Waals surface area contributed by atoms with Crippen LogP contribution in [-0.4, -0.2) is 53.4 Å². The van der Waals surface area contributed by atoms with E-state index in [1.54, 1.807) is 0 Å². The molecule has 1 rings (SSSR count). The SMILES string of the molecule is O=C(NCC(F)(F)CO)[C@@H]1CC[C@H](C(=O)O)O1. The van der Waals surface area contributed by atoms with Crippen molar-refractivity contribution in [2.75, 3.05) is 13.2 Å². The van der Waals surface area contributed by atoms with Gasteiger partial charge in [-0.15, -0.1) is 0 Å². The highest BCUT2D eigenvalue weighted by Crippen LogP contribution is 2.20. The summed E-state index contributed by atoms with van der Waals surface area (Å²) in [6.07, 6.45) is -1.74. The first-order chi connectivity index (χ1) is 7.85. The van der Waals surface area contributed by atoms with Gasteiger partial charge in [-0.3, -0.25) is 4.79 Å². The molecule has 2 atom stereocenters. The smallest absolute Gasteiger partial charge is 0.332 e. The number of ether oxygens (including phenoxy) is 1. The molecule has 0 aromatic rings. The van der Waals surface area contributed by atoms with E-state index in [2.05, 4.69) is 0 Å². The van der Waals surface area contributed by atoms with E-state index in [0.29, 0.717) is 0 Å². The Bertz CT molecular complexity index is 310. The lowest BCUT2D eigenvalue weighted by molar-refractivity contribution is -0.152. The van der Waals surface area contributed by atoms with E-state index in [9.17, 15) is 18.4 Å². The molecule has 0 aliphatic carbocycles. The van der Waals surface area contributed by atoms with Crippen molar-refractivity contribution >= 4 is 11.9 Å². The van der Waals surface area contributed by atoms with Crippen LogP contribution >= 0.6 is 0 Å². The Labute approximate surface area is 95.6 Å². The summed E-state index contributed by atoms with van der Waals surface area (Å²) in [5, 5.41) is 18.8. The van der Waals surface area contributed by atoms with Crippen molar-refractivity contribution in [1.29, 1.82) is 0 Å². The first kappa shape index (κ1) is 13.8. The number of hydrogen-bond donors (Lipinski definition) is 3. The second-order valence-electron chi connectivity index (χ2n) is 3.76. The first-order valence-electron chi connectivity index (χ1n) is 5.00. The number of hydrogen-bond acceptors (Lipinski definition) is 4. The van der Waals surface area contributed by atoms with Crippen LogP contribution in [0.3, 0.4) is 0 Å². The van der Waals surface area contributed by atoms with Gasteiger partial charge >= 0.3 is 5.97 Å². The van der Waals surface area contributed by atoms with E-state index in [1.165, 1.54) is 0 Å². The Balaban J connectivity index is 2.37. The quantitative estimate of drug-likeness (QED) is 0.606. The molecule has 1 fully saturated rings. The highest BCUT2D eigenvalue weighted by atomic mass is 19.3. The van der Waals surface area contributed by atoms with Crippen LogP contribution < -0.4 is 5.32 Å². The fourth-order valence-electron chi connectivity index (χ4n) is 1.40. The second-order valence-corrected chi connectivity index (χ2v) is 3.76. The molecule has 1 aliphatic rings. The van der Waals surface area contributed by atoms with Crippen LogP contribution in [0.5, 0.6) is 0 Å². The van der Waals surface area contributed by atoms with Crippen LogP contribution in [0.1, 0.15) is 12.8 Å². The summed E-state index contributed by atoms with van der Waals surface area (Å²) in [6, 6.07) is 0. The molecule has 1 saturated heterocycles. The summed E-state index contributed by atoms with van der Waals surface area (Å²) < 4.78 is 30.1. The number of aliphatic carboxylic acids is 1. The topological polar surface area (TPSA) is 95.9 Å². The average Bonchev–Trinajstić information content (AvgIpc) is 2.75. The zero-order valence-corrected chi connectivity index (χ0v) is 8.86. The van der Waals surface area contributed by atoms with Gasteiger partial charge in [-0.25, -0.2) is 13.6 Å². The highest BCUT2D eigenvalue weighted by molar-refractivity contribution is 5.82. The number of aliphatic hydroxyl groups is 1. The molecule has 6 nitrogen and oxygen atoms in total. The molecule has 98 valence electrons. The minimum absolute atomic E-state index is 0.170. The monoisotopic (exact) mass is 253 g/mol. The maximum Gasteiger partial charge on any atom is 0.332 e. The normalized spacial score (nSPS) is 24.6. The van der Waals surface area contributed by atoms with E-state index >= 15 is 0 Å². The van der Waals surface area contributed by atoms with Gasteiger partial charge in [0.1, 0.15) is 12.7 Å². The molecule has 0 aromatic heterocycles. The number of aliphatic hydroxyl groups excluding tert-OH is 1.